The zero-order valence-corrected chi connectivity index (χ0v) is 25.0. The molecule has 200 valence electrons. The van der Waals surface area contributed by atoms with Gasteiger partial charge in [-0.25, -0.2) is 0 Å². The van der Waals surface area contributed by atoms with Crippen LogP contribution in [-0.2, 0) is 4.79 Å². The Morgan fingerprint density at radius 2 is 0.848 bits per heavy atom. The molecule has 3 heteroatoms. The predicted molar refractivity (Wildman–Crippen MR) is 155 cm³/mol. The van der Waals surface area contributed by atoms with E-state index in [9.17, 15) is 4.79 Å². The Morgan fingerprint density at radius 1 is 0.515 bits per heavy atom. The van der Waals surface area contributed by atoms with Gasteiger partial charge in [0.1, 0.15) is 0 Å². The summed E-state index contributed by atoms with van der Waals surface area (Å²) >= 11 is 3.50. The highest BCUT2D eigenvalue weighted by atomic mass is 79.9. The third-order valence-electron chi connectivity index (χ3n) is 6.44. The Bertz CT molecular complexity index is 341. The summed E-state index contributed by atoms with van der Waals surface area (Å²) in [5.74, 6) is 0.423. The van der Waals surface area contributed by atoms with Gasteiger partial charge in [-0.3, -0.25) is 4.79 Å². The first kappa shape index (κ1) is 35.1. The van der Waals surface area contributed by atoms with Crippen molar-refractivity contribution in [2.24, 2.45) is 0 Å². The number of rotatable bonds is 25. The van der Waals surface area contributed by atoms with Gasteiger partial charge < -0.3 is 4.90 Å². The number of carbonyl (C=O) groups is 1. The van der Waals surface area contributed by atoms with Gasteiger partial charge in [0.05, 0.1) is 0 Å². The van der Waals surface area contributed by atoms with Crippen LogP contribution in [0.5, 0.6) is 0 Å². The van der Waals surface area contributed by atoms with Crippen LogP contribution in [0, 0.1) is 0 Å². The topological polar surface area (TPSA) is 20.3 Å². The van der Waals surface area contributed by atoms with Crippen LogP contribution in [0.25, 0.3) is 0 Å². The van der Waals surface area contributed by atoms with Gasteiger partial charge in [-0.05, 0) is 25.7 Å². The van der Waals surface area contributed by atoms with E-state index in [1.54, 1.807) is 0 Å². The monoisotopic (exact) mass is 531 g/mol. The molecule has 0 aliphatic heterocycles. The van der Waals surface area contributed by atoms with Crippen LogP contribution in [0.2, 0.25) is 0 Å². The summed E-state index contributed by atoms with van der Waals surface area (Å²) < 4.78 is 0. The lowest BCUT2D eigenvalue weighted by molar-refractivity contribution is -0.131. The van der Waals surface area contributed by atoms with Crippen molar-refractivity contribution in [2.45, 2.75) is 169 Å². The van der Waals surface area contributed by atoms with Gasteiger partial charge in [0.15, 0.2) is 0 Å². The average Bonchev–Trinajstić information content (AvgIpc) is 2.84. The Labute approximate surface area is 218 Å². The minimum atomic E-state index is 0.423. The highest BCUT2D eigenvalue weighted by molar-refractivity contribution is 9.09. The number of nitrogens with zero attached hydrogens (tertiary/aromatic N) is 1. The molecule has 0 unspecified atom stereocenters. The fourth-order valence-corrected chi connectivity index (χ4v) is 4.69. The maximum absolute atomic E-state index is 12.8. The van der Waals surface area contributed by atoms with Crippen molar-refractivity contribution < 1.29 is 4.79 Å². The molecule has 0 spiro atoms. The largest absolute Gasteiger partial charge is 0.343 e. The van der Waals surface area contributed by atoms with E-state index in [1.165, 1.54) is 128 Å². The highest BCUT2D eigenvalue weighted by Crippen LogP contribution is 2.13. The number of amides is 1. The Kier molecular flexibility index (Phi) is 34.0. The molecule has 0 rings (SSSR count). The Morgan fingerprint density at radius 3 is 1.24 bits per heavy atom. The van der Waals surface area contributed by atoms with E-state index in [0.29, 0.717) is 5.91 Å². The van der Waals surface area contributed by atoms with Crippen molar-refractivity contribution in [1.82, 2.24) is 4.90 Å². The quantitative estimate of drug-likeness (QED) is 0.0846. The molecule has 0 saturated heterocycles. The predicted octanol–water partition coefficient (Wildman–Crippen LogP) is 10.9. The molecule has 0 radical (unpaired) electrons. The normalized spacial score (nSPS) is 10.7. The summed E-state index contributed by atoms with van der Waals surface area (Å²) in [6.07, 6.45) is 28.3. The summed E-state index contributed by atoms with van der Waals surface area (Å²) in [7, 11) is 0. The standard InChI is InChI=1S/C28H56BrNO.C2H6/c1-3-5-7-9-11-13-18-22-26-30(27-23-19-14-12-10-8-6-4-2)28(31)24-20-16-15-17-21-25-29;1-2/h3-27H2,1-2H3;1-2H3. The summed E-state index contributed by atoms with van der Waals surface area (Å²) in [5, 5.41) is 1.11. The molecule has 0 heterocycles. The number of halogens is 1. The van der Waals surface area contributed by atoms with E-state index in [4.69, 9.17) is 0 Å². The molecule has 0 saturated carbocycles. The third-order valence-corrected chi connectivity index (χ3v) is 7.00. The lowest BCUT2D eigenvalue weighted by atomic mass is 10.1. The van der Waals surface area contributed by atoms with E-state index in [-0.39, 0.29) is 0 Å². The molecular formula is C30H62BrNO. The summed E-state index contributed by atoms with van der Waals surface area (Å²) in [4.78, 5) is 15.0. The van der Waals surface area contributed by atoms with E-state index < -0.39 is 0 Å². The Hall–Kier alpha value is -0.0500. The number of hydrogen-bond donors (Lipinski definition) is 0. The molecule has 0 fully saturated rings. The number of carbonyl (C=O) groups excluding carboxylic acids is 1. The second-order valence-corrected chi connectivity index (χ2v) is 10.3. The molecule has 0 atom stereocenters. The molecule has 0 aromatic rings. The first-order valence-corrected chi connectivity index (χ1v) is 16.2. The summed E-state index contributed by atoms with van der Waals surface area (Å²) in [6, 6.07) is 0. The van der Waals surface area contributed by atoms with E-state index in [1.807, 2.05) is 13.8 Å². The van der Waals surface area contributed by atoms with E-state index in [2.05, 4.69) is 34.7 Å². The van der Waals surface area contributed by atoms with Gasteiger partial charge in [-0.15, -0.1) is 0 Å². The fourth-order valence-electron chi connectivity index (χ4n) is 4.29. The molecular weight excluding hydrogens is 470 g/mol. The fraction of sp³-hybridized carbons (Fsp3) is 0.967. The second-order valence-electron chi connectivity index (χ2n) is 9.54. The molecule has 0 N–H and O–H groups in total. The molecule has 2 nitrogen and oxygen atoms in total. The number of unbranched alkanes of at least 4 members (excludes halogenated alkanes) is 18. The molecule has 1 amide bonds. The average molecular weight is 533 g/mol. The van der Waals surface area contributed by atoms with Gasteiger partial charge in [-0.2, -0.15) is 0 Å². The molecule has 0 aliphatic carbocycles. The lowest BCUT2D eigenvalue weighted by Gasteiger charge is -2.23. The van der Waals surface area contributed by atoms with Crippen molar-refractivity contribution in [1.29, 1.82) is 0 Å². The molecule has 0 aromatic carbocycles. The zero-order valence-electron chi connectivity index (χ0n) is 23.4. The van der Waals surface area contributed by atoms with Crippen molar-refractivity contribution in [3.05, 3.63) is 0 Å². The van der Waals surface area contributed by atoms with Crippen LogP contribution in [0.3, 0.4) is 0 Å². The highest BCUT2D eigenvalue weighted by Gasteiger charge is 2.12. The van der Waals surface area contributed by atoms with Gasteiger partial charge >= 0.3 is 0 Å². The van der Waals surface area contributed by atoms with Crippen LogP contribution in [0.1, 0.15) is 169 Å². The maximum atomic E-state index is 12.8. The summed E-state index contributed by atoms with van der Waals surface area (Å²) in [6.45, 7) is 10.5. The van der Waals surface area contributed by atoms with Crippen molar-refractivity contribution in [3.8, 4) is 0 Å². The maximum Gasteiger partial charge on any atom is 0.222 e. The molecule has 0 aliphatic rings. The van der Waals surface area contributed by atoms with Gasteiger partial charge in [0.25, 0.3) is 0 Å². The smallest absolute Gasteiger partial charge is 0.222 e. The zero-order chi connectivity index (χ0) is 24.8. The van der Waals surface area contributed by atoms with E-state index >= 15 is 0 Å². The first-order valence-electron chi connectivity index (χ1n) is 15.1. The Balaban J connectivity index is 0. The van der Waals surface area contributed by atoms with Crippen LogP contribution in [0.4, 0.5) is 0 Å². The number of hydrogen-bond acceptors (Lipinski definition) is 1. The van der Waals surface area contributed by atoms with Crippen molar-refractivity contribution in [2.75, 3.05) is 18.4 Å². The minimum absolute atomic E-state index is 0.423. The van der Waals surface area contributed by atoms with Crippen LogP contribution in [-0.4, -0.2) is 29.2 Å². The molecule has 0 bridgehead atoms. The second kappa shape index (κ2) is 32.0. The van der Waals surface area contributed by atoms with Crippen LogP contribution < -0.4 is 0 Å². The van der Waals surface area contributed by atoms with Crippen molar-refractivity contribution >= 4 is 21.8 Å². The van der Waals surface area contributed by atoms with Gasteiger partial charge in [0.2, 0.25) is 5.91 Å². The van der Waals surface area contributed by atoms with Gasteiger partial charge in [-0.1, -0.05) is 153 Å². The lowest BCUT2D eigenvalue weighted by Crippen LogP contribution is -2.32. The molecule has 0 aromatic heterocycles. The number of alkyl halides is 1. The SMILES string of the molecule is CC.CCCCCCCCCCN(CCCCCCCCCC)C(=O)CCCCCCCBr. The van der Waals surface area contributed by atoms with Crippen molar-refractivity contribution in [3.63, 3.8) is 0 Å². The third kappa shape index (κ3) is 28.1. The summed E-state index contributed by atoms with van der Waals surface area (Å²) in [5.41, 5.74) is 0. The minimum Gasteiger partial charge on any atom is -0.343 e. The van der Waals surface area contributed by atoms with Gasteiger partial charge in [0, 0.05) is 24.8 Å². The molecule has 33 heavy (non-hydrogen) atoms. The van der Waals surface area contributed by atoms with Crippen LogP contribution in [0.15, 0.2) is 0 Å². The first-order chi connectivity index (χ1) is 16.3. The van der Waals surface area contributed by atoms with Crippen LogP contribution >= 0.6 is 15.9 Å². The van der Waals surface area contributed by atoms with E-state index in [0.717, 1.165) is 31.3 Å².